The van der Waals surface area contributed by atoms with Gasteiger partial charge in [-0.3, -0.25) is 4.79 Å². The Morgan fingerprint density at radius 1 is 1.41 bits per heavy atom. The number of fused-ring (bicyclic) bond motifs is 1. The second-order valence-electron chi connectivity index (χ2n) is 3.91. The largest absolute Gasteiger partial charge is 0.482 e. The zero-order valence-electron chi connectivity index (χ0n) is 9.53. The molecule has 17 heavy (non-hydrogen) atoms. The lowest BCUT2D eigenvalue weighted by atomic mass is 10.2. The Balaban J connectivity index is 1.95. The number of hydrogen-bond donors (Lipinski definition) is 3. The Hall–Kier alpha value is -1.75. The molecule has 3 N–H and O–H groups in total. The van der Waals surface area contributed by atoms with Crippen molar-refractivity contribution in [3.63, 3.8) is 0 Å². The van der Waals surface area contributed by atoms with Crippen molar-refractivity contribution in [2.45, 2.75) is 12.8 Å². The van der Waals surface area contributed by atoms with Crippen molar-refractivity contribution in [2.75, 3.05) is 30.4 Å². The molecule has 0 fully saturated rings. The standard InChI is InChI=1S/C12H16N2O3/c15-6-2-1-5-13-9-3-4-11-10(7-9)14-12(16)8-17-11/h3-4,7,13,15H,1-2,5-6,8H2,(H,14,16). The molecule has 0 saturated heterocycles. The molecule has 5 nitrogen and oxygen atoms in total. The number of carbonyl (C=O) groups is 1. The second kappa shape index (κ2) is 5.54. The van der Waals surface area contributed by atoms with Gasteiger partial charge in [-0.05, 0) is 31.0 Å². The van der Waals surface area contributed by atoms with Crippen LogP contribution in [-0.2, 0) is 4.79 Å². The van der Waals surface area contributed by atoms with E-state index >= 15 is 0 Å². The van der Waals surface area contributed by atoms with Gasteiger partial charge in [-0.1, -0.05) is 0 Å². The SMILES string of the molecule is O=C1COc2ccc(NCCCCO)cc2N1. The van der Waals surface area contributed by atoms with Crippen LogP contribution in [0.3, 0.4) is 0 Å². The Bertz CT molecular complexity index is 407. The number of hydrogen-bond acceptors (Lipinski definition) is 4. The lowest BCUT2D eigenvalue weighted by Crippen LogP contribution is -2.25. The van der Waals surface area contributed by atoms with E-state index in [2.05, 4.69) is 10.6 Å². The first-order chi connectivity index (χ1) is 8.29. The van der Waals surface area contributed by atoms with Crippen LogP contribution in [0.25, 0.3) is 0 Å². The van der Waals surface area contributed by atoms with E-state index in [1.807, 2.05) is 18.2 Å². The van der Waals surface area contributed by atoms with E-state index in [4.69, 9.17) is 9.84 Å². The number of anilines is 2. The maximum Gasteiger partial charge on any atom is 0.262 e. The third kappa shape index (κ3) is 3.10. The predicted molar refractivity (Wildman–Crippen MR) is 65.4 cm³/mol. The van der Waals surface area contributed by atoms with Gasteiger partial charge in [0, 0.05) is 18.8 Å². The van der Waals surface area contributed by atoms with Gasteiger partial charge in [0.25, 0.3) is 5.91 Å². The molecule has 1 aliphatic heterocycles. The number of nitrogens with one attached hydrogen (secondary N) is 2. The third-order valence-electron chi connectivity index (χ3n) is 2.53. The highest BCUT2D eigenvalue weighted by Gasteiger charge is 2.15. The van der Waals surface area contributed by atoms with Crippen LogP contribution in [-0.4, -0.2) is 30.8 Å². The van der Waals surface area contributed by atoms with E-state index in [1.54, 1.807) is 0 Å². The fraction of sp³-hybridized carbons (Fsp3) is 0.417. The minimum absolute atomic E-state index is 0.0796. The number of aliphatic hydroxyl groups is 1. The highest BCUT2D eigenvalue weighted by Crippen LogP contribution is 2.30. The van der Waals surface area contributed by atoms with Crippen LogP contribution >= 0.6 is 0 Å². The number of carbonyl (C=O) groups excluding carboxylic acids is 1. The molecule has 0 unspecified atom stereocenters. The summed E-state index contributed by atoms with van der Waals surface area (Å²) in [4.78, 5) is 11.2. The smallest absolute Gasteiger partial charge is 0.262 e. The molecule has 0 aromatic heterocycles. The molecule has 0 atom stereocenters. The van der Waals surface area contributed by atoms with Gasteiger partial charge >= 0.3 is 0 Å². The summed E-state index contributed by atoms with van der Waals surface area (Å²) in [5, 5.41) is 14.6. The van der Waals surface area contributed by atoms with Crippen molar-refractivity contribution in [1.29, 1.82) is 0 Å². The van der Waals surface area contributed by atoms with Gasteiger partial charge in [-0.25, -0.2) is 0 Å². The van der Waals surface area contributed by atoms with Crippen molar-refractivity contribution < 1.29 is 14.6 Å². The lowest BCUT2D eigenvalue weighted by molar-refractivity contribution is -0.118. The van der Waals surface area contributed by atoms with Crippen molar-refractivity contribution in [3.05, 3.63) is 18.2 Å². The summed E-state index contributed by atoms with van der Waals surface area (Å²) in [6.07, 6.45) is 1.70. The Kier molecular flexibility index (Phi) is 3.82. The van der Waals surface area contributed by atoms with Gasteiger partial charge in [0.1, 0.15) is 5.75 Å². The molecular weight excluding hydrogens is 220 g/mol. The normalized spacial score (nSPS) is 13.6. The molecule has 92 valence electrons. The first-order valence-electron chi connectivity index (χ1n) is 5.71. The molecule has 5 heteroatoms. The molecule has 0 bridgehead atoms. The zero-order valence-corrected chi connectivity index (χ0v) is 9.53. The number of rotatable bonds is 5. The van der Waals surface area contributed by atoms with Gasteiger partial charge in [0.05, 0.1) is 5.69 Å². The first-order valence-corrected chi connectivity index (χ1v) is 5.71. The van der Waals surface area contributed by atoms with E-state index in [9.17, 15) is 4.79 Å². The van der Waals surface area contributed by atoms with E-state index in [1.165, 1.54) is 0 Å². The van der Waals surface area contributed by atoms with E-state index in [0.29, 0.717) is 11.4 Å². The maximum atomic E-state index is 11.2. The highest BCUT2D eigenvalue weighted by molar-refractivity contribution is 5.95. The quantitative estimate of drug-likeness (QED) is 0.672. The van der Waals surface area contributed by atoms with E-state index < -0.39 is 0 Å². The molecule has 0 aliphatic carbocycles. The van der Waals surface area contributed by atoms with Crippen LogP contribution in [0.2, 0.25) is 0 Å². The molecule has 1 aromatic rings. The number of amides is 1. The van der Waals surface area contributed by atoms with Crippen LogP contribution in [0.1, 0.15) is 12.8 Å². The molecule has 2 rings (SSSR count). The molecule has 0 spiro atoms. The minimum Gasteiger partial charge on any atom is -0.482 e. The Labute approximate surface area is 99.8 Å². The fourth-order valence-electron chi connectivity index (χ4n) is 1.66. The topological polar surface area (TPSA) is 70.6 Å². The van der Waals surface area contributed by atoms with Gasteiger partial charge in [0.2, 0.25) is 0 Å². The molecule has 1 aliphatic rings. The molecule has 0 saturated carbocycles. The highest BCUT2D eigenvalue weighted by atomic mass is 16.5. The summed E-state index contributed by atoms with van der Waals surface area (Å²) >= 11 is 0. The van der Waals surface area contributed by atoms with Gasteiger partial charge < -0.3 is 20.5 Å². The molecular formula is C12H16N2O3. The second-order valence-corrected chi connectivity index (χ2v) is 3.91. The Morgan fingerprint density at radius 3 is 3.12 bits per heavy atom. The lowest BCUT2D eigenvalue weighted by Gasteiger charge is -2.18. The maximum absolute atomic E-state index is 11.2. The molecule has 0 radical (unpaired) electrons. The first kappa shape index (κ1) is 11.7. The summed E-state index contributed by atoms with van der Waals surface area (Å²) in [5.41, 5.74) is 1.64. The van der Waals surface area contributed by atoms with Crippen molar-refractivity contribution >= 4 is 17.3 Å². The van der Waals surface area contributed by atoms with Crippen molar-refractivity contribution in [3.8, 4) is 5.75 Å². The predicted octanol–water partition coefficient (Wildman–Crippen LogP) is 1.20. The van der Waals surface area contributed by atoms with Gasteiger partial charge in [-0.2, -0.15) is 0 Å². The van der Waals surface area contributed by atoms with Gasteiger partial charge in [0.15, 0.2) is 6.61 Å². The zero-order chi connectivity index (χ0) is 12.1. The molecule has 1 amide bonds. The number of benzene rings is 1. The number of ether oxygens (including phenoxy) is 1. The number of aliphatic hydroxyl groups excluding tert-OH is 1. The Morgan fingerprint density at radius 2 is 2.29 bits per heavy atom. The van der Waals surface area contributed by atoms with Crippen LogP contribution in [0, 0.1) is 0 Å². The van der Waals surface area contributed by atoms with Crippen LogP contribution in [0.15, 0.2) is 18.2 Å². The summed E-state index contributed by atoms with van der Waals surface area (Å²) in [6.45, 7) is 1.10. The molecule has 1 aromatic carbocycles. The van der Waals surface area contributed by atoms with Crippen LogP contribution in [0.5, 0.6) is 5.75 Å². The van der Waals surface area contributed by atoms with Gasteiger partial charge in [-0.15, -0.1) is 0 Å². The van der Waals surface area contributed by atoms with Crippen molar-refractivity contribution in [2.24, 2.45) is 0 Å². The van der Waals surface area contributed by atoms with E-state index in [-0.39, 0.29) is 19.1 Å². The average molecular weight is 236 g/mol. The summed E-state index contributed by atoms with van der Waals surface area (Å²) in [6, 6.07) is 5.60. The third-order valence-corrected chi connectivity index (χ3v) is 2.53. The summed E-state index contributed by atoms with van der Waals surface area (Å²) in [5.74, 6) is 0.570. The average Bonchev–Trinajstić information content (AvgIpc) is 2.34. The summed E-state index contributed by atoms with van der Waals surface area (Å²) < 4.78 is 5.26. The van der Waals surface area contributed by atoms with Crippen LogP contribution < -0.4 is 15.4 Å². The fourth-order valence-corrected chi connectivity index (χ4v) is 1.66. The van der Waals surface area contributed by atoms with Crippen molar-refractivity contribution in [1.82, 2.24) is 0 Å². The molecule has 1 heterocycles. The number of unbranched alkanes of at least 4 members (excludes halogenated alkanes) is 1. The van der Waals surface area contributed by atoms with Crippen LogP contribution in [0.4, 0.5) is 11.4 Å². The van der Waals surface area contributed by atoms with E-state index in [0.717, 1.165) is 25.1 Å². The monoisotopic (exact) mass is 236 g/mol. The minimum atomic E-state index is -0.130. The summed E-state index contributed by atoms with van der Waals surface area (Å²) in [7, 11) is 0.